The molecule has 3 rings (SSSR count). The van der Waals surface area contributed by atoms with Gasteiger partial charge in [-0.15, -0.1) is 11.3 Å². The number of thiophene rings is 1. The first-order valence-corrected chi connectivity index (χ1v) is 6.88. The summed E-state index contributed by atoms with van der Waals surface area (Å²) >= 11 is 1.78. The minimum absolute atomic E-state index is 0.319. The highest BCUT2D eigenvalue weighted by molar-refractivity contribution is 7.09. The molecule has 0 fully saturated rings. The fourth-order valence-electron chi connectivity index (χ4n) is 2.57. The van der Waals surface area contributed by atoms with Crippen molar-refractivity contribution in [1.29, 1.82) is 0 Å². The van der Waals surface area contributed by atoms with Gasteiger partial charge in [-0.25, -0.2) is 0 Å². The van der Waals surface area contributed by atoms with Crippen LogP contribution >= 0.6 is 11.3 Å². The Morgan fingerprint density at radius 1 is 1.41 bits per heavy atom. The van der Waals surface area contributed by atoms with E-state index < -0.39 is 0 Å². The van der Waals surface area contributed by atoms with Crippen molar-refractivity contribution in [3.05, 3.63) is 45.4 Å². The highest BCUT2D eigenvalue weighted by Gasteiger charge is 2.22. The number of carbonyl (C=O) groups excluding carboxylic acids is 1. The Labute approximate surface area is 105 Å². The summed E-state index contributed by atoms with van der Waals surface area (Å²) in [7, 11) is 0. The van der Waals surface area contributed by atoms with Crippen molar-refractivity contribution in [3.8, 4) is 0 Å². The Morgan fingerprint density at radius 3 is 3.06 bits per heavy atom. The van der Waals surface area contributed by atoms with E-state index in [1.54, 1.807) is 11.3 Å². The Bertz CT molecular complexity index is 551. The third kappa shape index (κ3) is 1.84. The molecule has 0 unspecified atom stereocenters. The topological polar surface area (TPSA) is 22.0 Å². The van der Waals surface area contributed by atoms with E-state index in [9.17, 15) is 4.79 Å². The third-order valence-electron chi connectivity index (χ3n) is 3.43. The highest BCUT2D eigenvalue weighted by Crippen LogP contribution is 2.26. The van der Waals surface area contributed by atoms with Crippen molar-refractivity contribution < 1.29 is 4.79 Å². The van der Waals surface area contributed by atoms with Crippen LogP contribution in [0.5, 0.6) is 0 Å². The lowest BCUT2D eigenvalue weighted by Crippen LogP contribution is -2.13. The minimum atomic E-state index is 0.319. The predicted octanol–water partition coefficient (Wildman–Crippen LogP) is 3.43. The first-order chi connectivity index (χ1) is 8.25. The third-order valence-corrected chi connectivity index (χ3v) is 4.29. The minimum Gasteiger partial charge on any atom is -0.343 e. The number of aryl methyl sites for hydroxylation is 1. The van der Waals surface area contributed by atoms with E-state index in [1.165, 1.54) is 16.3 Å². The SMILES string of the molecule is Cc1cc2c(n1Cc1cccs1)CCCC2=O. The standard InChI is InChI=1S/C14H15NOS/c1-10-8-12-13(5-2-6-14(12)16)15(10)9-11-4-3-7-17-11/h3-4,7-8H,2,5-6,9H2,1H3. The molecule has 0 N–H and O–H groups in total. The molecule has 0 atom stereocenters. The summed E-state index contributed by atoms with van der Waals surface area (Å²) in [5, 5.41) is 2.10. The number of carbonyl (C=O) groups is 1. The number of rotatable bonds is 2. The maximum atomic E-state index is 11.8. The average molecular weight is 245 g/mol. The first kappa shape index (κ1) is 10.8. The summed E-state index contributed by atoms with van der Waals surface area (Å²) in [5.74, 6) is 0.319. The molecule has 2 aromatic rings. The van der Waals surface area contributed by atoms with Gasteiger partial charge >= 0.3 is 0 Å². The lowest BCUT2D eigenvalue weighted by molar-refractivity contribution is 0.0972. The van der Waals surface area contributed by atoms with Gasteiger partial charge < -0.3 is 4.57 Å². The number of hydrogen-bond acceptors (Lipinski definition) is 2. The monoisotopic (exact) mass is 245 g/mol. The fourth-order valence-corrected chi connectivity index (χ4v) is 3.26. The van der Waals surface area contributed by atoms with Crippen molar-refractivity contribution in [2.75, 3.05) is 0 Å². The van der Waals surface area contributed by atoms with Crippen LogP contribution < -0.4 is 0 Å². The van der Waals surface area contributed by atoms with Gasteiger partial charge in [0.2, 0.25) is 0 Å². The van der Waals surface area contributed by atoms with E-state index in [0.29, 0.717) is 5.78 Å². The molecule has 1 aliphatic carbocycles. The average Bonchev–Trinajstić information content (AvgIpc) is 2.91. The summed E-state index contributed by atoms with van der Waals surface area (Å²) in [6.07, 6.45) is 2.76. The summed E-state index contributed by atoms with van der Waals surface area (Å²) in [6.45, 7) is 3.01. The van der Waals surface area contributed by atoms with Crippen LogP contribution in [-0.4, -0.2) is 10.4 Å². The highest BCUT2D eigenvalue weighted by atomic mass is 32.1. The van der Waals surface area contributed by atoms with Gasteiger partial charge in [0.1, 0.15) is 0 Å². The van der Waals surface area contributed by atoms with Gasteiger partial charge in [0.15, 0.2) is 5.78 Å². The lowest BCUT2D eigenvalue weighted by Gasteiger charge is -2.15. The van der Waals surface area contributed by atoms with E-state index in [4.69, 9.17) is 0 Å². The second-order valence-corrected chi connectivity index (χ2v) is 5.62. The van der Waals surface area contributed by atoms with Gasteiger partial charge in [-0.2, -0.15) is 0 Å². The molecule has 0 amide bonds. The van der Waals surface area contributed by atoms with Crippen LogP contribution in [0.3, 0.4) is 0 Å². The Morgan fingerprint density at radius 2 is 2.29 bits per heavy atom. The van der Waals surface area contributed by atoms with E-state index in [-0.39, 0.29) is 0 Å². The molecule has 2 aromatic heterocycles. The molecule has 88 valence electrons. The van der Waals surface area contributed by atoms with Crippen molar-refractivity contribution in [2.45, 2.75) is 32.7 Å². The fraction of sp³-hybridized carbons (Fsp3) is 0.357. The van der Waals surface area contributed by atoms with Crippen LogP contribution in [0.15, 0.2) is 23.6 Å². The van der Waals surface area contributed by atoms with Crippen molar-refractivity contribution in [3.63, 3.8) is 0 Å². The molecule has 0 aromatic carbocycles. The zero-order valence-electron chi connectivity index (χ0n) is 9.90. The maximum Gasteiger partial charge on any atom is 0.164 e. The first-order valence-electron chi connectivity index (χ1n) is 6.00. The van der Waals surface area contributed by atoms with Crippen molar-refractivity contribution in [1.82, 2.24) is 4.57 Å². The second kappa shape index (κ2) is 4.15. The largest absolute Gasteiger partial charge is 0.343 e. The van der Waals surface area contributed by atoms with E-state index in [0.717, 1.165) is 31.4 Å². The van der Waals surface area contributed by atoms with Gasteiger partial charge in [-0.1, -0.05) is 6.07 Å². The second-order valence-electron chi connectivity index (χ2n) is 4.59. The molecular weight excluding hydrogens is 230 g/mol. The molecule has 0 spiro atoms. The van der Waals surface area contributed by atoms with Crippen LogP contribution in [0.4, 0.5) is 0 Å². The molecule has 1 aliphatic rings. The van der Waals surface area contributed by atoms with Gasteiger partial charge in [0, 0.05) is 28.2 Å². The number of ketones is 1. The summed E-state index contributed by atoms with van der Waals surface area (Å²) in [4.78, 5) is 13.2. The Hall–Kier alpha value is -1.35. The van der Waals surface area contributed by atoms with Gasteiger partial charge in [-0.05, 0) is 37.3 Å². The normalized spacial score (nSPS) is 15.0. The predicted molar refractivity (Wildman–Crippen MR) is 69.9 cm³/mol. The molecule has 0 bridgehead atoms. The van der Waals surface area contributed by atoms with E-state index in [2.05, 4.69) is 35.1 Å². The van der Waals surface area contributed by atoms with Crippen LogP contribution in [0.25, 0.3) is 0 Å². The molecule has 0 radical (unpaired) electrons. The van der Waals surface area contributed by atoms with Gasteiger partial charge in [0.05, 0.1) is 6.54 Å². The molecule has 2 heterocycles. The smallest absolute Gasteiger partial charge is 0.164 e. The van der Waals surface area contributed by atoms with Crippen LogP contribution in [0.1, 0.15) is 39.5 Å². The lowest BCUT2D eigenvalue weighted by atomic mass is 9.97. The van der Waals surface area contributed by atoms with Gasteiger partial charge in [0.25, 0.3) is 0 Å². The number of nitrogens with zero attached hydrogens (tertiary/aromatic N) is 1. The van der Waals surface area contributed by atoms with Crippen molar-refractivity contribution >= 4 is 17.1 Å². The number of fused-ring (bicyclic) bond motifs is 1. The molecule has 2 nitrogen and oxygen atoms in total. The molecular formula is C14H15NOS. The summed E-state index contributed by atoms with van der Waals surface area (Å²) < 4.78 is 2.30. The van der Waals surface area contributed by atoms with Gasteiger partial charge in [-0.3, -0.25) is 4.79 Å². The molecule has 17 heavy (non-hydrogen) atoms. The maximum absolute atomic E-state index is 11.8. The Kier molecular flexibility index (Phi) is 2.63. The quantitative estimate of drug-likeness (QED) is 0.794. The Balaban J connectivity index is 2.02. The summed E-state index contributed by atoms with van der Waals surface area (Å²) in [6, 6.07) is 6.29. The van der Waals surface area contributed by atoms with Crippen LogP contribution in [-0.2, 0) is 13.0 Å². The van der Waals surface area contributed by atoms with Crippen molar-refractivity contribution in [2.24, 2.45) is 0 Å². The van der Waals surface area contributed by atoms with Crippen LogP contribution in [0.2, 0.25) is 0 Å². The number of Topliss-reactive ketones (excluding diaryl/α,β-unsaturated/α-hetero) is 1. The molecule has 0 saturated heterocycles. The molecule has 0 saturated carbocycles. The van der Waals surface area contributed by atoms with E-state index in [1.807, 2.05) is 0 Å². The number of aromatic nitrogens is 1. The molecule has 0 aliphatic heterocycles. The van der Waals surface area contributed by atoms with Crippen LogP contribution in [0, 0.1) is 6.92 Å². The summed E-state index contributed by atoms with van der Waals surface area (Å²) in [5.41, 5.74) is 3.41. The van der Waals surface area contributed by atoms with E-state index >= 15 is 0 Å². The zero-order valence-corrected chi connectivity index (χ0v) is 10.7. The number of hydrogen-bond donors (Lipinski definition) is 0. The molecule has 3 heteroatoms. The zero-order chi connectivity index (χ0) is 11.8.